The van der Waals surface area contributed by atoms with E-state index in [1.807, 2.05) is 18.2 Å². The molecule has 0 bridgehead atoms. The van der Waals surface area contributed by atoms with E-state index in [1.54, 1.807) is 31.7 Å². The predicted octanol–water partition coefficient (Wildman–Crippen LogP) is 1.62. The highest BCUT2D eigenvalue weighted by atomic mass is 16.5. The van der Waals surface area contributed by atoms with Crippen molar-refractivity contribution in [1.29, 1.82) is 0 Å². The molecule has 0 spiro atoms. The minimum Gasteiger partial charge on any atom is -0.369 e. The molecular formula is C13H14N2O2. The zero-order valence-electron chi connectivity index (χ0n) is 9.59. The molecule has 1 aliphatic heterocycles. The summed E-state index contributed by atoms with van der Waals surface area (Å²) in [5.41, 5.74) is 5.99. The van der Waals surface area contributed by atoms with Crippen LogP contribution >= 0.6 is 0 Å². The van der Waals surface area contributed by atoms with E-state index in [9.17, 15) is 4.79 Å². The molecule has 2 N–H and O–H groups in total. The molecule has 0 radical (unpaired) electrons. The number of amides is 1. The van der Waals surface area contributed by atoms with Crippen LogP contribution in [0.2, 0.25) is 0 Å². The molecule has 1 heterocycles. The van der Waals surface area contributed by atoms with Crippen molar-refractivity contribution in [1.82, 2.24) is 0 Å². The number of nitrogens with two attached hydrogens (primary N) is 1. The molecule has 17 heavy (non-hydrogen) atoms. The lowest BCUT2D eigenvalue weighted by atomic mass is 9.86. The summed E-state index contributed by atoms with van der Waals surface area (Å²) in [6.45, 7) is 0. The molecular weight excluding hydrogens is 216 g/mol. The Morgan fingerprint density at radius 1 is 1.47 bits per heavy atom. The fourth-order valence-electron chi connectivity index (χ4n) is 2.01. The highest BCUT2D eigenvalue weighted by Gasteiger charge is 2.32. The van der Waals surface area contributed by atoms with Gasteiger partial charge in [-0.1, -0.05) is 18.2 Å². The lowest BCUT2D eigenvalue weighted by Gasteiger charge is -2.31. The lowest BCUT2D eigenvalue weighted by Crippen LogP contribution is -2.31. The number of primary amides is 1. The van der Waals surface area contributed by atoms with Crippen molar-refractivity contribution in [2.75, 3.05) is 7.11 Å². The van der Waals surface area contributed by atoms with Gasteiger partial charge < -0.3 is 10.5 Å². The average molecular weight is 230 g/mol. The Morgan fingerprint density at radius 3 is 2.82 bits per heavy atom. The Kier molecular flexibility index (Phi) is 3.06. The van der Waals surface area contributed by atoms with Crippen LogP contribution in [0.15, 0.2) is 41.5 Å². The Hall–Kier alpha value is -1.94. The van der Waals surface area contributed by atoms with E-state index in [2.05, 4.69) is 4.99 Å². The van der Waals surface area contributed by atoms with Gasteiger partial charge >= 0.3 is 0 Å². The first-order chi connectivity index (χ1) is 8.19. The molecule has 1 aromatic carbocycles. The zero-order valence-corrected chi connectivity index (χ0v) is 9.59. The van der Waals surface area contributed by atoms with E-state index in [4.69, 9.17) is 10.5 Å². The number of aliphatic imine (C=N–C) groups is 1. The zero-order chi connectivity index (χ0) is 12.3. The van der Waals surface area contributed by atoms with Gasteiger partial charge in [0.05, 0.1) is 0 Å². The van der Waals surface area contributed by atoms with Crippen LogP contribution in [0.1, 0.15) is 22.3 Å². The predicted molar refractivity (Wildman–Crippen MR) is 65.9 cm³/mol. The maximum Gasteiger partial charge on any atom is 0.249 e. The first kappa shape index (κ1) is 11.5. The molecule has 1 amide bonds. The summed E-state index contributed by atoms with van der Waals surface area (Å²) in [4.78, 5) is 15.5. The SMILES string of the molecule is COC1(c2ccccc2C(N)=O)C=CN=CC1. The number of benzene rings is 1. The molecule has 2 rings (SSSR count). The molecule has 1 aliphatic rings. The Morgan fingerprint density at radius 2 is 2.24 bits per heavy atom. The number of carbonyl (C=O) groups is 1. The number of hydrogen-bond acceptors (Lipinski definition) is 3. The van der Waals surface area contributed by atoms with Crippen LogP contribution in [-0.2, 0) is 10.3 Å². The quantitative estimate of drug-likeness (QED) is 0.857. The van der Waals surface area contributed by atoms with Gasteiger partial charge in [0.25, 0.3) is 0 Å². The Balaban J connectivity index is 2.55. The molecule has 4 nitrogen and oxygen atoms in total. The highest BCUT2D eigenvalue weighted by molar-refractivity contribution is 5.95. The lowest BCUT2D eigenvalue weighted by molar-refractivity contribution is 0.0343. The third-order valence-corrected chi connectivity index (χ3v) is 2.94. The highest BCUT2D eigenvalue weighted by Crippen LogP contribution is 2.33. The van der Waals surface area contributed by atoms with Crippen molar-refractivity contribution in [2.45, 2.75) is 12.0 Å². The van der Waals surface area contributed by atoms with Crippen LogP contribution < -0.4 is 5.73 Å². The van der Waals surface area contributed by atoms with Crippen molar-refractivity contribution >= 4 is 12.1 Å². The van der Waals surface area contributed by atoms with Gasteiger partial charge in [0.1, 0.15) is 5.60 Å². The molecule has 1 atom stereocenters. The molecule has 0 saturated heterocycles. The van der Waals surface area contributed by atoms with Gasteiger partial charge in [0.15, 0.2) is 0 Å². The fourth-order valence-corrected chi connectivity index (χ4v) is 2.01. The Labute approximate surface area is 99.8 Å². The molecule has 0 aliphatic carbocycles. The van der Waals surface area contributed by atoms with Gasteiger partial charge in [0.2, 0.25) is 5.91 Å². The van der Waals surface area contributed by atoms with Crippen LogP contribution in [0.4, 0.5) is 0 Å². The van der Waals surface area contributed by atoms with Crippen molar-refractivity contribution < 1.29 is 9.53 Å². The number of ether oxygens (including phenoxy) is 1. The molecule has 0 saturated carbocycles. The number of nitrogens with zero attached hydrogens (tertiary/aromatic N) is 1. The van der Waals surface area contributed by atoms with E-state index in [0.717, 1.165) is 5.56 Å². The van der Waals surface area contributed by atoms with Gasteiger partial charge in [0, 0.05) is 37.1 Å². The largest absolute Gasteiger partial charge is 0.369 e. The summed E-state index contributed by atoms with van der Waals surface area (Å²) in [5, 5.41) is 0. The third-order valence-electron chi connectivity index (χ3n) is 2.94. The van der Waals surface area contributed by atoms with E-state index in [-0.39, 0.29) is 0 Å². The second-order valence-electron chi connectivity index (χ2n) is 3.85. The van der Waals surface area contributed by atoms with E-state index in [0.29, 0.717) is 12.0 Å². The normalized spacial score (nSPS) is 22.6. The molecule has 0 aromatic heterocycles. The monoisotopic (exact) mass is 230 g/mol. The van der Waals surface area contributed by atoms with Crippen molar-refractivity contribution in [3.05, 3.63) is 47.7 Å². The summed E-state index contributed by atoms with van der Waals surface area (Å²) in [7, 11) is 1.61. The first-order valence-electron chi connectivity index (χ1n) is 5.33. The first-order valence-corrected chi connectivity index (χ1v) is 5.33. The number of rotatable bonds is 3. The van der Waals surface area contributed by atoms with Crippen LogP contribution in [0, 0.1) is 0 Å². The maximum atomic E-state index is 11.4. The van der Waals surface area contributed by atoms with Crippen LogP contribution in [0.5, 0.6) is 0 Å². The summed E-state index contributed by atoms with van der Waals surface area (Å²) >= 11 is 0. The fraction of sp³-hybridized carbons (Fsp3) is 0.231. The summed E-state index contributed by atoms with van der Waals surface area (Å²) in [5.74, 6) is -0.451. The van der Waals surface area contributed by atoms with Crippen molar-refractivity contribution in [3.63, 3.8) is 0 Å². The minimum absolute atomic E-state index is 0.451. The molecule has 1 aromatic rings. The molecule has 1 unspecified atom stereocenters. The molecule has 4 heteroatoms. The number of methoxy groups -OCH3 is 1. The number of hydrogen-bond donors (Lipinski definition) is 1. The van der Waals surface area contributed by atoms with E-state index >= 15 is 0 Å². The number of carbonyl (C=O) groups excluding carboxylic acids is 1. The average Bonchev–Trinajstić information content (AvgIpc) is 2.39. The standard InChI is InChI=1S/C13H14N2O2/c1-17-13(6-8-15-9-7-13)11-5-3-2-4-10(11)12(14)16/h2-6,8-9H,7H2,1H3,(H2,14,16). The van der Waals surface area contributed by atoms with Gasteiger partial charge in [-0.2, -0.15) is 0 Å². The van der Waals surface area contributed by atoms with Gasteiger partial charge in [-0.05, 0) is 12.1 Å². The summed E-state index contributed by atoms with van der Waals surface area (Å²) < 4.78 is 5.57. The van der Waals surface area contributed by atoms with E-state index in [1.165, 1.54) is 0 Å². The summed E-state index contributed by atoms with van der Waals surface area (Å²) in [6, 6.07) is 7.21. The van der Waals surface area contributed by atoms with Crippen molar-refractivity contribution in [3.8, 4) is 0 Å². The Bertz CT molecular complexity index is 494. The van der Waals surface area contributed by atoms with Crippen LogP contribution in [-0.4, -0.2) is 19.2 Å². The van der Waals surface area contributed by atoms with Gasteiger partial charge in [-0.25, -0.2) is 0 Å². The second-order valence-corrected chi connectivity index (χ2v) is 3.85. The molecule has 0 fully saturated rings. The van der Waals surface area contributed by atoms with E-state index < -0.39 is 11.5 Å². The smallest absolute Gasteiger partial charge is 0.249 e. The van der Waals surface area contributed by atoms with Crippen molar-refractivity contribution in [2.24, 2.45) is 10.7 Å². The van der Waals surface area contributed by atoms with Crippen LogP contribution in [0.25, 0.3) is 0 Å². The third kappa shape index (κ3) is 1.99. The molecule has 88 valence electrons. The van der Waals surface area contributed by atoms with Crippen LogP contribution in [0.3, 0.4) is 0 Å². The topological polar surface area (TPSA) is 64.7 Å². The van der Waals surface area contributed by atoms with Gasteiger partial charge in [-0.3, -0.25) is 9.79 Å². The second kappa shape index (κ2) is 4.51. The summed E-state index contributed by atoms with van der Waals surface area (Å²) in [6.07, 6.45) is 5.87. The maximum absolute atomic E-state index is 11.4. The van der Waals surface area contributed by atoms with Gasteiger partial charge in [-0.15, -0.1) is 0 Å². The minimum atomic E-state index is -0.645.